The third kappa shape index (κ3) is 2.61. The summed E-state index contributed by atoms with van der Waals surface area (Å²) in [5.41, 5.74) is 0.232. The molecule has 1 N–H and O–H groups in total. The van der Waals surface area contributed by atoms with Gasteiger partial charge in [-0.25, -0.2) is 9.07 Å². The molecule has 2 rings (SSSR count). The normalized spacial score (nSPS) is 11.6. The summed E-state index contributed by atoms with van der Waals surface area (Å²) in [6.07, 6.45) is 0. The summed E-state index contributed by atoms with van der Waals surface area (Å²) in [4.78, 5) is 0. The van der Waals surface area contributed by atoms with Crippen molar-refractivity contribution in [3.05, 3.63) is 34.2 Å². The van der Waals surface area contributed by atoms with Crippen LogP contribution in [0.5, 0.6) is 0 Å². The molecule has 0 aliphatic rings. The summed E-state index contributed by atoms with van der Waals surface area (Å²) in [5.74, 6) is -0.614. The van der Waals surface area contributed by atoms with Crippen LogP contribution in [0.3, 0.4) is 0 Å². The Morgan fingerprint density at radius 3 is 2.68 bits per heavy atom. The Balaban J connectivity index is 2.46. The van der Waals surface area contributed by atoms with Crippen LogP contribution in [0.15, 0.2) is 27.8 Å². The molecule has 102 valence electrons. The van der Waals surface area contributed by atoms with Gasteiger partial charge in [-0.15, -0.1) is 5.10 Å². The summed E-state index contributed by atoms with van der Waals surface area (Å²) in [6, 6.07) is 4.46. The molecule has 0 aliphatic carbocycles. The number of benzene rings is 1. The molecular weight excluding hydrogens is 339 g/mol. The van der Waals surface area contributed by atoms with Crippen LogP contribution in [0.2, 0.25) is 0 Å². The maximum atomic E-state index is 13.8. The van der Waals surface area contributed by atoms with Crippen molar-refractivity contribution in [3.8, 4) is 0 Å². The van der Waals surface area contributed by atoms with Crippen LogP contribution in [0.25, 0.3) is 0 Å². The molecule has 9 heteroatoms. The Hall–Kier alpha value is -1.48. The number of rotatable bonds is 3. The Bertz CT molecular complexity index is 710. The smallest absolute Gasteiger partial charge is 0.275 e. The lowest BCUT2D eigenvalue weighted by molar-refractivity contribution is 0.577. The van der Waals surface area contributed by atoms with Crippen molar-refractivity contribution >= 4 is 31.6 Å². The molecule has 0 fully saturated rings. The standard InChI is InChI=1S/C10H10BrFN4O2S/c1-6-4-3-5-7(8(6)12)14-19(17,18)10-9(11)13-15-16(10)2/h3-5,14H,1-2H3. The Kier molecular flexibility index (Phi) is 3.59. The van der Waals surface area contributed by atoms with Crippen molar-refractivity contribution < 1.29 is 12.8 Å². The van der Waals surface area contributed by atoms with E-state index < -0.39 is 15.8 Å². The van der Waals surface area contributed by atoms with Crippen LogP contribution in [0.1, 0.15) is 5.56 Å². The second-order valence-corrected chi connectivity index (χ2v) is 6.20. The fourth-order valence-corrected chi connectivity index (χ4v) is 3.69. The van der Waals surface area contributed by atoms with E-state index in [1.54, 1.807) is 19.1 Å². The van der Waals surface area contributed by atoms with Gasteiger partial charge in [0.2, 0.25) is 5.03 Å². The monoisotopic (exact) mass is 348 g/mol. The van der Waals surface area contributed by atoms with Gasteiger partial charge in [-0.3, -0.25) is 4.72 Å². The molecular formula is C10H10BrFN4O2S. The molecule has 0 radical (unpaired) electrons. The molecule has 6 nitrogen and oxygen atoms in total. The van der Waals surface area contributed by atoms with Crippen molar-refractivity contribution in [2.75, 3.05) is 4.72 Å². The van der Waals surface area contributed by atoms with E-state index in [1.807, 2.05) is 0 Å². The molecule has 0 unspecified atom stereocenters. The third-order valence-electron chi connectivity index (χ3n) is 2.43. The molecule has 0 spiro atoms. The summed E-state index contributed by atoms with van der Waals surface area (Å²) >= 11 is 2.99. The van der Waals surface area contributed by atoms with Crippen LogP contribution >= 0.6 is 15.9 Å². The van der Waals surface area contributed by atoms with Crippen LogP contribution < -0.4 is 4.72 Å². The predicted octanol–water partition coefficient (Wildman–Crippen LogP) is 1.83. The fraction of sp³-hybridized carbons (Fsp3) is 0.200. The number of nitrogens with one attached hydrogen (secondary N) is 1. The predicted molar refractivity (Wildman–Crippen MR) is 70.6 cm³/mol. The number of anilines is 1. The minimum Gasteiger partial charge on any atom is -0.275 e. The zero-order valence-electron chi connectivity index (χ0n) is 10.1. The van der Waals surface area contributed by atoms with E-state index in [9.17, 15) is 12.8 Å². The fourth-order valence-electron chi connectivity index (χ4n) is 1.53. The number of sulfonamides is 1. The highest BCUT2D eigenvalue weighted by Gasteiger charge is 2.25. The van der Waals surface area contributed by atoms with Gasteiger partial charge in [-0.2, -0.15) is 8.42 Å². The highest BCUT2D eigenvalue weighted by Crippen LogP contribution is 2.24. The highest BCUT2D eigenvalue weighted by molar-refractivity contribution is 9.10. The second-order valence-electron chi connectivity index (χ2n) is 3.85. The lowest BCUT2D eigenvalue weighted by Gasteiger charge is -2.09. The molecule has 1 heterocycles. The topological polar surface area (TPSA) is 76.9 Å². The molecule has 0 saturated heterocycles. The first kappa shape index (κ1) is 13.9. The van der Waals surface area contributed by atoms with Crippen molar-refractivity contribution in [1.29, 1.82) is 0 Å². The molecule has 0 bridgehead atoms. The minimum atomic E-state index is -3.97. The lowest BCUT2D eigenvalue weighted by atomic mass is 10.2. The van der Waals surface area contributed by atoms with Crippen molar-refractivity contribution in [2.45, 2.75) is 11.9 Å². The number of hydrogen-bond acceptors (Lipinski definition) is 4. The summed E-state index contributed by atoms with van der Waals surface area (Å²) in [5, 5.41) is 6.98. The van der Waals surface area contributed by atoms with E-state index in [0.717, 1.165) is 4.68 Å². The van der Waals surface area contributed by atoms with Crippen LogP contribution in [0.4, 0.5) is 10.1 Å². The van der Waals surface area contributed by atoms with Gasteiger partial charge in [-0.1, -0.05) is 17.3 Å². The SMILES string of the molecule is Cc1cccc(NS(=O)(=O)c2c(Br)nnn2C)c1F. The minimum absolute atomic E-state index is 0.0653. The average molecular weight is 349 g/mol. The molecule has 0 amide bonds. The number of nitrogens with zero attached hydrogens (tertiary/aromatic N) is 3. The Morgan fingerprint density at radius 1 is 1.42 bits per heavy atom. The molecule has 2 aromatic rings. The van der Waals surface area contributed by atoms with Crippen LogP contribution in [-0.2, 0) is 17.1 Å². The van der Waals surface area contributed by atoms with Gasteiger partial charge in [0.15, 0.2) is 4.60 Å². The zero-order valence-corrected chi connectivity index (χ0v) is 12.5. The molecule has 1 aromatic carbocycles. The molecule has 1 aromatic heterocycles. The molecule has 0 atom stereocenters. The van der Waals surface area contributed by atoms with Gasteiger partial charge in [-0.05, 0) is 34.5 Å². The van der Waals surface area contributed by atoms with E-state index in [0.29, 0.717) is 5.56 Å². The van der Waals surface area contributed by atoms with Gasteiger partial charge >= 0.3 is 0 Å². The van der Waals surface area contributed by atoms with E-state index in [1.165, 1.54) is 13.1 Å². The van der Waals surface area contributed by atoms with E-state index in [2.05, 4.69) is 31.0 Å². The first-order valence-electron chi connectivity index (χ1n) is 5.16. The molecule has 0 saturated carbocycles. The second kappa shape index (κ2) is 4.89. The summed E-state index contributed by atoms with van der Waals surface area (Å²) in [6.45, 7) is 1.55. The summed E-state index contributed by atoms with van der Waals surface area (Å²) < 4.78 is 41.4. The molecule has 19 heavy (non-hydrogen) atoms. The Labute approximate surface area is 117 Å². The van der Waals surface area contributed by atoms with Crippen molar-refractivity contribution in [1.82, 2.24) is 15.0 Å². The highest BCUT2D eigenvalue weighted by atomic mass is 79.9. The number of hydrogen-bond donors (Lipinski definition) is 1. The van der Waals surface area contributed by atoms with E-state index >= 15 is 0 Å². The quantitative estimate of drug-likeness (QED) is 0.917. The molecule has 0 aliphatic heterocycles. The first-order valence-corrected chi connectivity index (χ1v) is 7.43. The number of aromatic nitrogens is 3. The first-order chi connectivity index (χ1) is 8.83. The average Bonchev–Trinajstić information content (AvgIpc) is 2.65. The maximum absolute atomic E-state index is 13.8. The van der Waals surface area contributed by atoms with Crippen LogP contribution in [0, 0.1) is 12.7 Å². The largest absolute Gasteiger partial charge is 0.282 e. The Morgan fingerprint density at radius 2 is 2.11 bits per heavy atom. The van der Waals surface area contributed by atoms with Gasteiger partial charge < -0.3 is 0 Å². The lowest BCUT2D eigenvalue weighted by Crippen LogP contribution is -2.18. The van der Waals surface area contributed by atoms with Crippen molar-refractivity contribution in [3.63, 3.8) is 0 Å². The van der Waals surface area contributed by atoms with Gasteiger partial charge in [0.1, 0.15) is 5.82 Å². The van der Waals surface area contributed by atoms with E-state index in [4.69, 9.17) is 0 Å². The van der Waals surface area contributed by atoms with Gasteiger partial charge in [0.05, 0.1) is 5.69 Å². The third-order valence-corrected chi connectivity index (χ3v) is 4.68. The van der Waals surface area contributed by atoms with E-state index in [-0.39, 0.29) is 15.3 Å². The zero-order chi connectivity index (χ0) is 14.2. The van der Waals surface area contributed by atoms with Crippen molar-refractivity contribution in [2.24, 2.45) is 7.05 Å². The van der Waals surface area contributed by atoms with Crippen LogP contribution in [-0.4, -0.2) is 23.4 Å². The van der Waals surface area contributed by atoms with Gasteiger partial charge in [0.25, 0.3) is 10.0 Å². The van der Waals surface area contributed by atoms with Gasteiger partial charge in [0, 0.05) is 7.05 Å². The number of aryl methyl sites for hydroxylation is 2. The summed E-state index contributed by atoms with van der Waals surface area (Å²) in [7, 11) is -2.54. The number of halogens is 2. The maximum Gasteiger partial charge on any atom is 0.282 e.